The first-order valence-electron chi connectivity index (χ1n) is 10.8. The Kier molecular flexibility index (Phi) is 6.27. The third-order valence-corrected chi connectivity index (χ3v) is 5.90. The van der Waals surface area contributed by atoms with Crippen molar-refractivity contribution in [1.29, 1.82) is 0 Å². The molecule has 0 saturated heterocycles. The molecule has 2 aromatic rings. The molecule has 2 nitrogen and oxygen atoms in total. The van der Waals surface area contributed by atoms with E-state index in [0.29, 0.717) is 5.92 Å². The van der Waals surface area contributed by atoms with E-state index in [2.05, 4.69) is 71.9 Å². The summed E-state index contributed by atoms with van der Waals surface area (Å²) >= 11 is 0. The molecule has 2 aromatic carbocycles. The minimum Gasteiger partial charge on any atom is -0.454 e. The third-order valence-electron chi connectivity index (χ3n) is 5.90. The van der Waals surface area contributed by atoms with Crippen LogP contribution in [-0.2, 0) is 11.2 Å². The number of carbonyl (C=O) groups is 1. The second-order valence-electron chi connectivity index (χ2n) is 9.02. The number of esters is 1. The fraction of sp³-hybridized carbons (Fsp3) is 0.500. The average molecular weight is 379 g/mol. The normalized spacial score (nSPS) is 16.5. The Morgan fingerprint density at radius 3 is 2.11 bits per heavy atom. The van der Waals surface area contributed by atoms with Crippen molar-refractivity contribution in [3.63, 3.8) is 0 Å². The van der Waals surface area contributed by atoms with Crippen LogP contribution in [0.2, 0.25) is 0 Å². The molecule has 1 aliphatic carbocycles. The molecule has 0 spiro atoms. The summed E-state index contributed by atoms with van der Waals surface area (Å²) in [6, 6.07) is 12.8. The van der Waals surface area contributed by atoms with Crippen LogP contribution in [-0.4, -0.2) is 5.97 Å². The van der Waals surface area contributed by atoms with Gasteiger partial charge in [-0.3, -0.25) is 0 Å². The van der Waals surface area contributed by atoms with Crippen molar-refractivity contribution in [3.05, 3.63) is 69.8 Å². The number of ether oxygens (including phenoxy) is 1. The lowest BCUT2D eigenvalue weighted by atomic mass is 9.84. The van der Waals surface area contributed by atoms with Gasteiger partial charge in [-0.1, -0.05) is 77.9 Å². The van der Waals surface area contributed by atoms with Crippen molar-refractivity contribution in [1.82, 2.24) is 0 Å². The first-order valence-corrected chi connectivity index (χ1v) is 10.8. The number of carbonyl (C=O) groups excluding carboxylic acids is 1. The maximum atomic E-state index is 13.4. The number of aryl methyl sites for hydroxylation is 1. The monoisotopic (exact) mass is 378 g/mol. The molecule has 0 bridgehead atoms. The van der Waals surface area contributed by atoms with Crippen LogP contribution in [0.3, 0.4) is 0 Å². The molecule has 1 aliphatic rings. The topological polar surface area (TPSA) is 26.3 Å². The van der Waals surface area contributed by atoms with Crippen molar-refractivity contribution >= 4 is 5.97 Å². The molecule has 0 amide bonds. The minimum absolute atomic E-state index is 0.137. The maximum Gasteiger partial charge on any atom is 0.339 e. The lowest BCUT2D eigenvalue weighted by Crippen LogP contribution is -2.20. The smallest absolute Gasteiger partial charge is 0.339 e. The molecule has 150 valence electrons. The summed E-state index contributed by atoms with van der Waals surface area (Å²) in [5.41, 5.74) is 6.81. The highest BCUT2D eigenvalue weighted by Gasteiger charge is 2.28. The zero-order valence-electron chi connectivity index (χ0n) is 18.2. The number of rotatable bonds is 5. The zero-order chi connectivity index (χ0) is 20.4. The molecule has 1 atom stereocenters. The summed E-state index contributed by atoms with van der Waals surface area (Å²) in [4.78, 5) is 13.4. The molecule has 3 rings (SSSR count). The van der Waals surface area contributed by atoms with Gasteiger partial charge in [-0.05, 0) is 64.8 Å². The first-order chi connectivity index (χ1) is 13.3. The predicted molar refractivity (Wildman–Crippen MR) is 116 cm³/mol. The molecule has 0 saturated carbocycles. The quantitative estimate of drug-likeness (QED) is 0.511. The summed E-state index contributed by atoms with van der Waals surface area (Å²) in [7, 11) is 0. The van der Waals surface area contributed by atoms with E-state index in [1.54, 1.807) is 0 Å². The van der Waals surface area contributed by atoms with Gasteiger partial charge in [0.25, 0.3) is 0 Å². The Balaban J connectivity index is 2.02. The zero-order valence-corrected chi connectivity index (χ0v) is 18.2. The minimum atomic E-state index is -0.163. The Hall–Kier alpha value is -2.09. The fourth-order valence-electron chi connectivity index (χ4n) is 4.21. The van der Waals surface area contributed by atoms with Gasteiger partial charge in [0.15, 0.2) is 0 Å². The van der Waals surface area contributed by atoms with Gasteiger partial charge in [0.1, 0.15) is 6.10 Å². The summed E-state index contributed by atoms with van der Waals surface area (Å²) < 4.78 is 6.15. The van der Waals surface area contributed by atoms with Crippen LogP contribution >= 0.6 is 0 Å². The van der Waals surface area contributed by atoms with E-state index >= 15 is 0 Å². The molecule has 0 aromatic heterocycles. The molecule has 2 heteroatoms. The largest absolute Gasteiger partial charge is 0.454 e. The van der Waals surface area contributed by atoms with Crippen LogP contribution in [0.25, 0.3) is 0 Å². The summed E-state index contributed by atoms with van der Waals surface area (Å²) in [6.45, 7) is 13.1. The van der Waals surface area contributed by atoms with Crippen LogP contribution in [0, 0.1) is 0 Å². The number of hydrogen-bond donors (Lipinski definition) is 0. The third kappa shape index (κ3) is 4.16. The van der Waals surface area contributed by atoms with Crippen molar-refractivity contribution in [2.75, 3.05) is 0 Å². The van der Waals surface area contributed by atoms with E-state index in [9.17, 15) is 4.79 Å². The van der Waals surface area contributed by atoms with E-state index in [0.717, 1.165) is 36.0 Å². The van der Waals surface area contributed by atoms with E-state index in [1.165, 1.54) is 16.7 Å². The summed E-state index contributed by atoms with van der Waals surface area (Å²) in [6.07, 6.45) is 2.90. The van der Waals surface area contributed by atoms with Gasteiger partial charge < -0.3 is 4.74 Å². The van der Waals surface area contributed by atoms with Gasteiger partial charge in [0, 0.05) is 0 Å². The molecular formula is C26H34O2. The lowest BCUT2D eigenvalue weighted by Gasteiger charge is -2.27. The number of benzene rings is 2. The molecule has 0 radical (unpaired) electrons. The average Bonchev–Trinajstić information content (AvgIpc) is 2.66. The highest BCUT2D eigenvalue weighted by atomic mass is 16.5. The van der Waals surface area contributed by atoms with Crippen molar-refractivity contribution in [2.45, 2.75) is 84.7 Å². The molecule has 0 heterocycles. The van der Waals surface area contributed by atoms with Gasteiger partial charge in [-0.25, -0.2) is 4.79 Å². The van der Waals surface area contributed by atoms with Crippen LogP contribution in [0.1, 0.15) is 116 Å². The van der Waals surface area contributed by atoms with Gasteiger partial charge in [0.2, 0.25) is 0 Å². The van der Waals surface area contributed by atoms with Gasteiger partial charge in [-0.15, -0.1) is 0 Å². The van der Waals surface area contributed by atoms with Gasteiger partial charge in [0.05, 0.1) is 5.56 Å². The number of fused-ring (bicyclic) bond motifs is 1. The summed E-state index contributed by atoms with van der Waals surface area (Å²) in [5, 5.41) is 0. The van der Waals surface area contributed by atoms with E-state index in [1.807, 2.05) is 6.07 Å². The van der Waals surface area contributed by atoms with Crippen molar-refractivity contribution in [2.24, 2.45) is 0 Å². The molecule has 0 N–H and O–H groups in total. The highest BCUT2D eigenvalue weighted by molar-refractivity contribution is 5.93. The van der Waals surface area contributed by atoms with Crippen LogP contribution in [0.4, 0.5) is 0 Å². The molecular weight excluding hydrogens is 344 g/mol. The maximum absolute atomic E-state index is 13.4. The highest BCUT2D eigenvalue weighted by Crippen LogP contribution is 2.36. The van der Waals surface area contributed by atoms with Crippen LogP contribution in [0.5, 0.6) is 0 Å². The number of hydrogen-bond acceptors (Lipinski definition) is 2. The molecule has 0 aliphatic heterocycles. The van der Waals surface area contributed by atoms with Crippen molar-refractivity contribution in [3.8, 4) is 0 Å². The Labute approximate surface area is 170 Å². The predicted octanol–water partition coefficient (Wildman–Crippen LogP) is 7.29. The molecule has 28 heavy (non-hydrogen) atoms. The van der Waals surface area contributed by atoms with Gasteiger partial charge in [-0.2, -0.15) is 0 Å². The Morgan fingerprint density at radius 1 is 0.929 bits per heavy atom. The fourth-order valence-corrected chi connectivity index (χ4v) is 4.21. The van der Waals surface area contributed by atoms with E-state index in [4.69, 9.17) is 4.74 Å². The Bertz CT molecular complexity index is 816. The Morgan fingerprint density at radius 2 is 1.54 bits per heavy atom. The van der Waals surface area contributed by atoms with E-state index in [-0.39, 0.29) is 23.9 Å². The van der Waals surface area contributed by atoms with Gasteiger partial charge >= 0.3 is 5.97 Å². The van der Waals surface area contributed by atoms with Crippen LogP contribution < -0.4 is 0 Å². The van der Waals surface area contributed by atoms with Crippen molar-refractivity contribution < 1.29 is 9.53 Å². The SMILES string of the molecule is CC(C)c1cc(C(C)C)c(C(=O)O[C@@H]2CCCc3ccccc32)c(C(C)C)c1. The second kappa shape index (κ2) is 8.51. The van der Waals surface area contributed by atoms with Crippen LogP contribution in [0.15, 0.2) is 36.4 Å². The van der Waals surface area contributed by atoms with E-state index < -0.39 is 0 Å². The molecule has 0 fully saturated rings. The standard InChI is InChI=1S/C26H34O2/c1-16(2)20-14-22(17(3)4)25(23(15-20)18(5)6)26(27)28-24-13-9-11-19-10-7-8-12-21(19)24/h7-8,10,12,14-18,24H,9,11,13H2,1-6H3/t24-/m1/s1. The first kappa shape index (κ1) is 20.6. The summed E-state index contributed by atoms with van der Waals surface area (Å²) in [5.74, 6) is 0.824. The lowest BCUT2D eigenvalue weighted by molar-refractivity contribution is 0.0253. The second-order valence-corrected chi connectivity index (χ2v) is 9.02. The molecule has 0 unspecified atom stereocenters.